The second-order valence-electron chi connectivity index (χ2n) is 3.56. The van der Waals surface area contributed by atoms with E-state index in [4.69, 9.17) is 10.2 Å². The van der Waals surface area contributed by atoms with E-state index >= 15 is 0 Å². The zero-order valence-corrected chi connectivity index (χ0v) is 10.1. The van der Waals surface area contributed by atoms with E-state index in [1.807, 2.05) is 0 Å². The summed E-state index contributed by atoms with van der Waals surface area (Å²) in [7, 11) is 0. The molecule has 0 unspecified atom stereocenters. The quantitative estimate of drug-likeness (QED) is 0.726. The molecule has 0 aliphatic heterocycles. The Morgan fingerprint density at radius 2 is 1.89 bits per heavy atom. The van der Waals surface area contributed by atoms with E-state index in [9.17, 15) is 9.59 Å². The molecule has 0 bridgehead atoms. The van der Waals surface area contributed by atoms with Gasteiger partial charge in [0.2, 0.25) is 0 Å². The Morgan fingerprint density at radius 3 is 2.33 bits per heavy atom. The minimum absolute atomic E-state index is 0.151. The lowest BCUT2D eigenvalue weighted by molar-refractivity contribution is 0.0697. The summed E-state index contributed by atoms with van der Waals surface area (Å²) in [5.74, 6) is -1.02. The summed E-state index contributed by atoms with van der Waals surface area (Å²) in [6, 6.07) is 5.58. The number of aliphatic hydroxyl groups excluding tert-OH is 1. The first-order valence-electron chi connectivity index (χ1n) is 5.59. The molecular formula is C12H16N2O4. The van der Waals surface area contributed by atoms with Crippen LogP contribution >= 0.6 is 0 Å². The first-order chi connectivity index (χ1) is 8.60. The van der Waals surface area contributed by atoms with Crippen LogP contribution in [0.5, 0.6) is 0 Å². The van der Waals surface area contributed by atoms with Gasteiger partial charge < -0.3 is 15.5 Å². The van der Waals surface area contributed by atoms with E-state index in [1.165, 1.54) is 29.2 Å². The maximum Gasteiger partial charge on any atom is 0.335 e. The van der Waals surface area contributed by atoms with Crippen molar-refractivity contribution >= 4 is 17.7 Å². The molecule has 0 saturated carbocycles. The molecule has 1 aromatic rings. The van der Waals surface area contributed by atoms with Crippen molar-refractivity contribution in [2.45, 2.75) is 6.92 Å². The minimum atomic E-state index is -1.02. The SMILES string of the molecule is CCNC(=O)N(CCO)c1ccc(C(=O)O)cc1. The van der Waals surface area contributed by atoms with Gasteiger partial charge >= 0.3 is 12.0 Å². The van der Waals surface area contributed by atoms with Crippen LogP contribution in [-0.4, -0.2) is 41.9 Å². The van der Waals surface area contributed by atoms with Crippen molar-refractivity contribution in [3.63, 3.8) is 0 Å². The third-order valence-corrected chi connectivity index (χ3v) is 2.32. The first kappa shape index (κ1) is 14.0. The zero-order chi connectivity index (χ0) is 13.5. The highest BCUT2D eigenvalue weighted by Crippen LogP contribution is 2.15. The standard InChI is InChI=1S/C12H16N2O4/c1-2-13-12(18)14(7-8-15)10-5-3-9(4-6-10)11(16)17/h3-6,15H,2,7-8H2,1H3,(H,13,18)(H,16,17). The van der Waals surface area contributed by atoms with Crippen LogP contribution in [0, 0.1) is 0 Å². The number of aromatic carboxylic acids is 1. The number of anilines is 1. The number of carboxylic acids is 1. The van der Waals surface area contributed by atoms with Crippen molar-refractivity contribution in [2.75, 3.05) is 24.6 Å². The van der Waals surface area contributed by atoms with Gasteiger partial charge in [-0.2, -0.15) is 0 Å². The third kappa shape index (κ3) is 3.46. The Bertz CT molecular complexity index is 417. The highest BCUT2D eigenvalue weighted by molar-refractivity contribution is 5.93. The Kier molecular flexibility index (Phi) is 5.13. The van der Waals surface area contributed by atoms with E-state index in [-0.39, 0.29) is 24.7 Å². The van der Waals surface area contributed by atoms with Crippen molar-refractivity contribution < 1.29 is 19.8 Å². The van der Waals surface area contributed by atoms with Gasteiger partial charge in [0.05, 0.1) is 18.7 Å². The summed E-state index contributed by atoms with van der Waals surface area (Å²) in [5.41, 5.74) is 0.693. The molecule has 6 nitrogen and oxygen atoms in total. The molecule has 0 fully saturated rings. The van der Waals surface area contributed by atoms with E-state index in [1.54, 1.807) is 6.92 Å². The van der Waals surface area contributed by atoms with E-state index in [2.05, 4.69) is 5.32 Å². The summed E-state index contributed by atoms with van der Waals surface area (Å²) in [6.45, 7) is 2.26. The molecule has 0 spiro atoms. The Morgan fingerprint density at radius 1 is 1.28 bits per heavy atom. The number of carboxylic acid groups (broad SMARTS) is 1. The van der Waals surface area contributed by atoms with Crippen LogP contribution in [0.2, 0.25) is 0 Å². The molecule has 0 aromatic heterocycles. The summed E-state index contributed by atoms with van der Waals surface area (Å²) < 4.78 is 0. The van der Waals surface area contributed by atoms with Crippen molar-refractivity contribution in [2.24, 2.45) is 0 Å². The fraction of sp³-hybridized carbons (Fsp3) is 0.333. The molecule has 0 aliphatic rings. The van der Waals surface area contributed by atoms with Crippen LogP contribution in [0.3, 0.4) is 0 Å². The smallest absolute Gasteiger partial charge is 0.335 e. The van der Waals surface area contributed by atoms with E-state index in [0.29, 0.717) is 12.2 Å². The largest absolute Gasteiger partial charge is 0.478 e. The number of nitrogens with one attached hydrogen (secondary N) is 1. The van der Waals surface area contributed by atoms with Gasteiger partial charge in [-0.05, 0) is 31.2 Å². The molecule has 18 heavy (non-hydrogen) atoms. The number of hydrogen-bond acceptors (Lipinski definition) is 3. The predicted octanol–water partition coefficient (Wildman–Crippen LogP) is 0.913. The van der Waals surface area contributed by atoms with Gasteiger partial charge in [-0.25, -0.2) is 9.59 Å². The molecule has 0 aliphatic carbocycles. The van der Waals surface area contributed by atoms with E-state index < -0.39 is 5.97 Å². The van der Waals surface area contributed by atoms with Crippen LogP contribution in [0.4, 0.5) is 10.5 Å². The van der Waals surface area contributed by atoms with Gasteiger partial charge in [-0.15, -0.1) is 0 Å². The summed E-state index contributed by atoms with van der Waals surface area (Å²) >= 11 is 0. The molecule has 1 rings (SSSR count). The molecular weight excluding hydrogens is 236 g/mol. The normalized spacial score (nSPS) is 9.89. The first-order valence-corrected chi connectivity index (χ1v) is 5.59. The van der Waals surface area contributed by atoms with Crippen molar-refractivity contribution in [1.29, 1.82) is 0 Å². The van der Waals surface area contributed by atoms with Crippen LogP contribution in [0.1, 0.15) is 17.3 Å². The lowest BCUT2D eigenvalue weighted by atomic mass is 10.2. The third-order valence-electron chi connectivity index (χ3n) is 2.32. The number of nitrogens with zero attached hydrogens (tertiary/aromatic N) is 1. The highest BCUT2D eigenvalue weighted by Gasteiger charge is 2.14. The van der Waals surface area contributed by atoms with Gasteiger partial charge in [0, 0.05) is 12.2 Å². The number of carbonyl (C=O) groups excluding carboxylic acids is 1. The Labute approximate surface area is 105 Å². The lowest BCUT2D eigenvalue weighted by Gasteiger charge is -2.22. The number of urea groups is 1. The summed E-state index contributed by atoms with van der Waals surface area (Å²) in [6.07, 6.45) is 0. The second kappa shape index (κ2) is 6.61. The maximum atomic E-state index is 11.7. The number of aliphatic hydroxyl groups is 1. The average Bonchev–Trinajstić information content (AvgIpc) is 2.36. The molecule has 0 heterocycles. The molecule has 0 saturated heterocycles. The van der Waals surface area contributed by atoms with Gasteiger partial charge in [0.15, 0.2) is 0 Å². The van der Waals surface area contributed by atoms with Gasteiger partial charge in [-0.1, -0.05) is 0 Å². The molecule has 1 aromatic carbocycles. The number of hydrogen-bond donors (Lipinski definition) is 3. The van der Waals surface area contributed by atoms with Gasteiger partial charge in [0.25, 0.3) is 0 Å². The lowest BCUT2D eigenvalue weighted by Crippen LogP contribution is -2.41. The fourth-order valence-corrected chi connectivity index (χ4v) is 1.48. The topological polar surface area (TPSA) is 89.9 Å². The molecule has 0 radical (unpaired) electrons. The predicted molar refractivity (Wildman–Crippen MR) is 66.9 cm³/mol. The molecule has 6 heteroatoms. The summed E-state index contributed by atoms with van der Waals surface area (Å²) in [4.78, 5) is 23.8. The number of rotatable bonds is 5. The second-order valence-corrected chi connectivity index (χ2v) is 3.56. The minimum Gasteiger partial charge on any atom is -0.478 e. The van der Waals surface area contributed by atoms with Crippen molar-refractivity contribution in [1.82, 2.24) is 5.32 Å². The van der Waals surface area contributed by atoms with Gasteiger partial charge in [-0.3, -0.25) is 4.90 Å². The highest BCUT2D eigenvalue weighted by atomic mass is 16.4. The van der Waals surface area contributed by atoms with Crippen LogP contribution in [0.25, 0.3) is 0 Å². The Hall–Kier alpha value is -2.08. The van der Waals surface area contributed by atoms with Crippen molar-refractivity contribution in [3.8, 4) is 0 Å². The summed E-state index contributed by atoms with van der Waals surface area (Å²) in [5, 5.41) is 20.3. The fourth-order valence-electron chi connectivity index (χ4n) is 1.48. The number of benzene rings is 1. The van der Waals surface area contributed by atoms with Crippen LogP contribution < -0.4 is 10.2 Å². The monoisotopic (exact) mass is 252 g/mol. The molecule has 3 N–H and O–H groups in total. The zero-order valence-electron chi connectivity index (χ0n) is 10.1. The molecule has 2 amide bonds. The Balaban J connectivity index is 2.91. The van der Waals surface area contributed by atoms with Crippen LogP contribution in [-0.2, 0) is 0 Å². The number of carbonyl (C=O) groups is 2. The van der Waals surface area contributed by atoms with Crippen molar-refractivity contribution in [3.05, 3.63) is 29.8 Å². The van der Waals surface area contributed by atoms with Crippen LogP contribution in [0.15, 0.2) is 24.3 Å². The molecule has 0 atom stereocenters. The number of amides is 2. The average molecular weight is 252 g/mol. The van der Waals surface area contributed by atoms with Gasteiger partial charge in [0.1, 0.15) is 0 Å². The maximum absolute atomic E-state index is 11.7. The van der Waals surface area contributed by atoms with E-state index in [0.717, 1.165) is 0 Å². The molecule has 98 valence electrons.